The Morgan fingerprint density at radius 3 is 2.43 bits per heavy atom. The van der Waals surface area contributed by atoms with E-state index in [1.54, 1.807) is 0 Å². The first-order valence-electron chi connectivity index (χ1n) is 7.14. The molecule has 0 saturated heterocycles. The molecule has 3 nitrogen and oxygen atoms in total. The first-order valence-corrected chi connectivity index (χ1v) is 7.14. The van der Waals surface area contributed by atoms with Crippen LogP contribution in [0.1, 0.15) is 40.0 Å². The molecule has 1 atom stereocenters. The fourth-order valence-corrected chi connectivity index (χ4v) is 2.17. The van der Waals surface area contributed by atoms with Crippen LogP contribution >= 0.6 is 0 Å². The van der Waals surface area contributed by atoms with Crippen molar-refractivity contribution in [2.24, 2.45) is 0 Å². The van der Waals surface area contributed by atoms with E-state index in [4.69, 9.17) is 4.74 Å². The number of hydrogen-bond donors (Lipinski definition) is 1. The molecule has 0 spiro atoms. The lowest BCUT2D eigenvalue weighted by molar-refractivity contribution is 0.268. The first kappa shape index (κ1) is 17.4. The summed E-state index contributed by atoms with van der Waals surface area (Å²) >= 11 is 0. The molecule has 1 rings (SSSR count). The van der Waals surface area contributed by atoms with E-state index < -0.39 is 17.2 Å². The second kappa shape index (κ2) is 7.94. The Hall–Kier alpha value is -1.67. The van der Waals surface area contributed by atoms with Crippen LogP contribution in [0.25, 0.3) is 0 Å². The van der Waals surface area contributed by atoms with Gasteiger partial charge in [-0.2, -0.15) is 5.26 Å². The number of ether oxygens (including phenoxy) is 1. The SMILES string of the molecule is CC(C)NC(C)(C#N)CCCCOc1c(F)cccc1F. The van der Waals surface area contributed by atoms with E-state index in [1.807, 2.05) is 20.8 Å². The van der Waals surface area contributed by atoms with Crippen molar-refractivity contribution < 1.29 is 13.5 Å². The summed E-state index contributed by atoms with van der Waals surface area (Å²) in [6.07, 6.45) is 2.02. The monoisotopic (exact) mass is 296 g/mol. The fraction of sp³-hybridized carbons (Fsp3) is 0.562. The Labute approximate surface area is 124 Å². The van der Waals surface area contributed by atoms with Crippen LogP contribution in [0.15, 0.2) is 18.2 Å². The van der Waals surface area contributed by atoms with Gasteiger partial charge in [0.15, 0.2) is 17.4 Å². The average molecular weight is 296 g/mol. The van der Waals surface area contributed by atoms with Crippen LogP contribution in [0, 0.1) is 23.0 Å². The second-order valence-electron chi connectivity index (χ2n) is 5.60. The van der Waals surface area contributed by atoms with Crippen LogP contribution in [0.3, 0.4) is 0 Å². The van der Waals surface area contributed by atoms with Crippen molar-refractivity contribution >= 4 is 0 Å². The van der Waals surface area contributed by atoms with Crippen molar-refractivity contribution in [3.05, 3.63) is 29.8 Å². The van der Waals surface area contributed by atoms with Gasteiger partial charge in [0.25, 0.3) is 0 Å². The third-order valence-corrected chi connectivity index (χ3v) is 3.09. The molecule has 21 heavy (non-hydrogen) atoms. The quantitative estimate of drug-likeness (QED) is 0.742. The minimum Gasteiger partial charge on any atom is -0.488 e. The maximum atomic E-state index is 13.3. The molecule has 1 aromatic rings. The molecule has 0 fully saturated rings. The third-order valence-electron chi connectivity index (χ3n) is 3.09. The molecule has 0 bridgehead atoms. The zero-order valence-corrected chi connectivity index (χ0v) is 12.7. The predicted octanol–water partition coefficient (Wildman–Crippen LogP) is 3.79. The summed E-state index contributed by atoms with van der Waals surface area (Å²) in [6, 6.07) is 6.11. The highest BCUT2D eigenvalue weighted by atomic mass is 19.1. The summed E-state index contributed by atoms with van der Waals surface area (Å²) in [6.45, 7) is 6.05. The Morgan fingerprint density at radius 1 is 1.29 bits per heavy atom. The number of benzene rings is 1. The number of nitriles is 1. The van der Waals surface area contributed by atoms with E-state index in [2.05, 4.69) is 11.4 Å². The molecule has 0 aliphatic carbocycles. The van der Waals surface area contributed by atoms with Crippen LogP contribution in [-0.4, -0.2) is 18.2 Å². The molecule has 0 aliphatic rings. The summed E-state index contributed by atoms with van der Waals surface area (Å²) < 4.78 is 31.8. The molecule has 5 heteroatoms. The topological polar surface area (TPSA) is 45.0 Å². The fourth-order valence-electron chi connectivity index (χ4n) is 2.17. The third kappa shape index (κ3) is 5.68. The number of rotatable bonds is 8. The van der Waals surface area contributed by atoms with Gasteiger partial charge in [0.05, 0.1) is 12.7 Å². The van der Waals surface area contributed by atoms with Gasteiger partial charge < -0.3 is 4.74 Å². The number of nitrogens with zero attached hydrogens (tertiary/aromatic N) is 1. The average Bonchev–Trinajstić information content (AvgIpc) is 2.40. The normalized spacial score (nSPS) is 13.8. The largest absolute Gasteiger partial charge is 0.488 e. The van der Waals surface area contributed by atoms with Crippen molar-refractivity contribution in [2.45, 2.75) is 51.6 Å². The van der Waals surface area contributed by atoms with E-state index in [1.165, 1.54) is 6.07 Å². The highest BCUT2D eigenvalue weighted by Gasteiger charge is 2.23. The minimum atomic E-state index is -0.696. The lowest BCUT2D eigenvalue weighted by Gasteiger charge is -2.25. The van der Waals surface area contributed by atoms with E-state index in [9.17, 15) is 14.0 Å². The van der Waals surface area contributed by atoms with E-state index in [0.717, 1.165) is 18.6 Å². The van der Waals surface area contributed by atoms with Crippen molar-refractivity contribution in [1.29, 1.82) is 5.26 Å². The van der Waals surface area contributed by atoms with E-state index in [-0.39, 0.29) is 18.4 Å². The van der Waals surface area contributed by atoms with Crippen LogP contribution in [0.2, 0.25) is 0 Å². The van der Waals surface area contributed by atoms with Crippen LogP contribution in [0.5, 0.6) is 5.75 Å². The molecule has 1 N–H and O–H groups in total. The van der Waals surface area contributed by atoms with Gasteiger partial charge in [-0.3, -0.25) is 5.32 Å². The van der Waals surface area contributed by atoms with E-state index >= 15 is 0 Å². The van der Waals surface area contributed by atoms with Crippen molar-refractivity contribution in [2.75, 3.05) is 6.61 Å². The summed E-state index contributed by atoms with van der Waals surface area (Å²) in [5.41, 5.74) is -0.586. The Balaban J connectivity index is 2.36. The van der Waals surface area contributed by atoms with Crippen LogP contribution in [0.4, 0.5) is 8.78 Å². The molecular weight excluding hydrogens is 274 g/mol. The molecule has 0 heterocycles. The summed E-state index contributed by atoms with van der Waals surface area (Å²) in [7, 11) is 0. The molecule has 0 amide bonds. The number of halogens is 2. The zero-order valence-electron chi connectivity index (χ0n) is 12.7. The number of hydrogen-bond acceptors (Lipinski definition) is 3. The van der Waals surface area contributed by atoms with Gasteiger partial charge in [0, 0.05) is 6.04 Å². The lowest BCUT2D eigenvalue weighted by atomic mass is 9.96. The highest BCUT2D eigenvalue weighted by Crippen LogP contribution is 2.21. The van der Waals surface area contributed by atoms with Gasteiger partial charge in [0.1, 0.15) is 5.54 Å². The van der Waals surface area contributed by atoms with Gasteiger partial charge >= 0.3 is 0 Å². The molecule has 0 radical (unpaired) electrons. The van der Waals surface area contributed by atoms with Crippen LogP contribution in [-0.2, 0) is 0 Å². The molecule has 1 unspecified atom stereocenters. The Morgan fingerprint density at radius 2 is 1.90 bits per heavy atom. The molecule has 0 aromatic heterocycles. The predicted molar refractivity (Wildman–Crippen MR) is 78.0 cm³/mol. The molecule has 0 aliphatic heterocycles. The van der Waals surface area contributed by atoms with Gasteiger partial charge in [-0.05, 0) is 52.2 Å². The highest BCUT2D eigenvalue weighted by molar-refractivity contribution is 5.25. The molecule has 116 valence electrons. The molecule has 0 saturated carbocycles. The minimum absolute atomic E-state index is 0.221. The zero-order chi connectivity index (χ0) is 15.9. The van der Waals surface area contributed by atoms with Gasteiger partial charge in [0.2, 0.25) is 0 Å². The first-order chi connectivity index (χ1) is 9.88. The number of nitrogens with one attached hydrogen (secondary N) is 1. The van der Waals surface area contributed by atoms with Crippen molar-refractivity contribution in [3.63, 3.8) is 0 Å². The lowest BCUT2D eigenvalue weighted by Crippen LogP contribution is -2.44. The summed E-state index contributed by atoms with van der Waals surface area (Å²) in [5, 5.41) is 12.4. The maximum absolute atomic E-state index is 13.3. The van der Waals surface area contributed by atoms with Crippen LogP contribution < -0.4 is 10.1 Å². The Kier molecular flexibility index (Phi) is 6.57. The van der Waals surface area contributed by atoms with Gasteiger partial charge in [-0.1, -0.05) is 6.07 Å². The van der Waals surface area contributed by atoms with Gasteiger partial charge in [-0.25, -0.2) is 8.78 Å². The standard InChI is InChI=1S/C16H22F2N2O/c1-12(2)20-16(3,11-19)9-4-5-10-21-15-13(17)7-6-8-14(15)18/h6-8,12,20H,4-5,9-10H2,1-3H3. The summed E-state index contributed by atoms with van der Waals surface area (Å²) in [5.74, 6) is -1.72. The summed E-state index contributed by atoms with van der Waals surface area (Å²) in [4.78, 5) is 0. The van der Waals surface area contributed by atoms with Gasteiger partial charge in [-0.15, -0.1) is 0 Å². The van der Waals surface area contributed by atoms with Crippen molar-refractivity contribution in [1.82, 2.24) is 5.32 Å². The number of para-hydroxylation sites is 1. The second-order valence-corrected chi connectivity index (χ2v) is 5.60. The van der Waals surface area contributed by atoms with E-state index in [0.29, 0.717) is 12.8 Å². The molecule has 1 aromatic carbocycles. The smallest absolute Gasteiger partial charge is 0.190 e. The molecular formula is C16H22F2N2O. The maximum Gasteiger partial charge on any atom is 0.190 e. The Bertz CT molecular complexity index is 479. The van der Waals surface area contributed by atoms with Crippen molar-refractivity contribution in [3.8, 4) is 11.8 Å². The number of unbranched alkanes of at least 4 members (excludes halogenated alkanes) is 1.